The SMILES string of the molecule is Cc1ccc([S@](C)(=O)=NC(=O)NC(=O)c2c(F)cccc2Cl)cc1. The molecule has 126 valence electrons. The quantitative estimate of drug-likeness (QED) is 0.876. The Morgan fingerprint density at radius 2 is 1.79 bits per heavy atom. The molecule has 0 heterocycles. The lowest BCUT2D eigenvalue weighted by Gasteiger charge is -2.07. The smallest absolute Gasteiger partial charge is 0.271 e. The fourth-order valence-corrected chi connectivity index (χ4v) is 3.26. The highest BCUT2D eigenvalue weighted by Gasteiger charge is 2.19. The van der Waals surface area contributed by atoms with Crippen LogP contribution in [0.4, 0.5) is 9.18 Å². The van der Waals surface area contributed by atoms with E-state index in [0.29, 0.717) is 4.90 Å². The van der Waals surface area contributed by atoms with E-state index < -0.39 is 33.0 Å². The van der Waals surface area contributed by atoms with Crippen molar-refractivity contribution >= 4 is 33.3 Å². The molecule has 5 nitrogen and oxygen atoms in total. The van der Waals surface area contributed by atoms with E-state index in [-0.39, 0.29) is 5.02 Å². The van der Waals surface area contributed by atoms with Crippen LogP contribution >= 0.6 is 11.6 Å². The molecule has 0 spiro atoms. The number of carbonyl (C=O) groups excluding carboxylic acids is 2. The average Bonchev–Trinajstić information content (AvgIpc) is 2.46. The number of rotatable bonds is 2. The third-order valence-corrected chi connectivity index (χ3v) is 5.10. The van der Waals surface area contributed by atoms with Crippen LogP contribution < -0.4 is 5.32 Å². The van der Waals surface area contributed by atoms with Crippen LogP contribution in [0.5, 0.6) is 0 Å². The topological polar surface area (TPSA) is 75.6 Å². The average molecular weight is 369 g/mol. The van der Waals surface area contributed by atoms with Gasteiger partial charge in [-0.2, -0.15) is 0 Å². The molecule has 1 atom stereocenters. The van der Waals surface area contributed by atoms with Gasteiger partial charge in [0.25, 0.3) is 5.91 Å². The lowest BCUT2D eigenvalue weighted by Crippen LogP contribution is -2.29. The summed E-state index contributed by atoms with van der Waals surface area (Å²) in [4.78, 5) is 24.2. The normalized spacial score (nSPS) is 13.0. The first-order valence-electron chi connectivity index (χ1n) is 6.79. The molecular formula is C16H14ClFN2O3S. The standard InChI is InChI=1S/C16H14ClFN2O3S/c1-10-6-8-11(9-7-10)24(2,23)20-16(22)19-15(21)14-12(17)4-3-5-13(14)18/h3-9H,1-2H3,(H,19,21,22)/t24-/m0/s1. The van der Waals surface area contributed by atoms with E-state index in [0.717, 1.165) is 11.6 Å². The van der Waals surface area contributed by atoms with Crippen molar-refractivity contribution in [1.29, 1.82) is 0 Å². The molecule has 0 aliphatic carbocycles. The van der Waals surface area contributed by atoms with Crippen LogP contribution in [0.15, 0.2) is 51.7 Å². The van der Waals surface area contributed by atoms with Crippen LogP contribution in [0, 0.1) is 12.7 Å². The van der Waals surface area contributed by atoms with Crippen molar-refractivity contribution in [3.05, 3.63) is 64.4 Å². The summed E-state index contributed by atoms with van der Waals surface area (Å²) < 4.78 is 29.7. The third-order valence-electron chi connectivity index (χ3n) is 3.13. The predicted octanol–water partition coefficient (Wildman–Crippen LogP) is 3.79. The highest BCUT2D eigenvalue weighted by atomic mass is 35.5. The first kappa shape index (κ1) is 18.1. The molecule has 2 aromatic carbocycles. The molecule has 0 bridgehead atoms. The largest absolute Gasteiger partial charge is 0.356 e. The van der Waals surface area contributed by atoms with E-state index in [1.807, 2.05) is 12.2 Å². The summed E-state index contributed by atoms with van der Waals surface area (Å²) in [5.41, 5.74) is 0.489. The van der Waals surface area contributed by atoms with E-state index in [2.05, 4.69) is 4.36 Å². The van der Waals surface area contributed by atoms with Crippen molar-refractivity contribution < 1.29 is 18.2 Å². The van der Waals surface area contributed by atoms with Crippen LogP contribution in [0.3, 0.4) is 0 Å². The Hall–Kier alpha value is -2.25. The van der Waals surface area contributed by atoms with Gasteiger partial charge in [-0.15, -0.1) is 4.36 Å². The van der Waals surface area contributed by atoms with Crippen LogP contribution in [0.25, 0.3) is 0 Å². The first-order valence-corrected chi connectivity index (χ1v) is 9.09. The minimum absolute atomic E-state index is 0.143. The number of hydrogen-bond donors (Lipinski definition) is 1. The highest BCUT2D eigenvalue weighted by Crippen LogP contribution is 2.19. The molecule has 0 fully saturated rings. The second kappa shape index (κ2) is 7.11. The summed E-state index contributed by atoms with van der Waals surface area (Å²) in [6.07, 6.45) is 1.28. The highest BCUT2D eigenvalue weighted by molar-refractivity contribution is 7.93. The summed E-state index contributed by atoms with van der Waals surface area (Å²) in [5, 5.41) is 1.72. The van der Waals surface area contributed by atoms with Gasteiger partial charge in [0.15, 0.2) is 0 Å². The third kappa shape index (κ3) is 4.18. The number of halogens is 2. The lowest BCUT2D eigenvalue weighted by atomic mass is 10.2. The molecule has 0 aromatic heterocycles. The molecular weight excluding hydrogens is 355 g/mol. The molecule has 0 radical (unpaired) electrons. The lowest BCUT2D eigenvalue weighted by molar-refractivity contribution is 0.0962. The summed E-state index contributed by atoms with van der Waals surface area (Å²) in [7, 11) is -3.04. The van der Waals surface area contributed by atoms with E-state index in [9.17, 15) is 18.2 Å². The zero-order valence-corrected chi connectivity index (χ0v) is 14.5. The van der Waals surface area contributed by atoms with Crippen molar-refractivity contribution in [1.82, 2.24) is 5.32 Å². The number of amides is 3. The molecule has 0 unspecified atom stereocenters. The fourth-order valence-electron chi connectivity index (χ4n) is 1.90. The van der Waals surface area contributed by atoms with E-state index >= 15 is 0 Å². The number of nitrogens with one attached hydrogen (secondary N) is 1. The van der Waals surface area contributed by atoms with Crippen molar-refractivity contribution in [3.8, 4) is 0 Å². The Bertz CT molecular complexity index is 899. The Morgan fingerprint density at radius 3 is 2.38 bits per heavy atom. The summed E-state index contributed by atoms with van der Waals surface area (Å²) in [6, 6.07) is 9.19. The molecule has 0 aliphatic heterocycles. The minimum atomic E-state index is -3.04. The van der Waals surface area contributed by atoms with Gasteiger partial charge in [0.05, 0.1) is 20.3 Å². The Balaban J connectivity index is 2.25. The van der Waals surface area contributed by atoms with Gasteiger partial charge in [-0.05, 0) is 31.2 Å². The molecule has 2 aromatic rings. The summed E-state index contributed by atoms with van der Waals surface area (Å²) >= 11 is 5.75. The number of nitrogens with zero attached hydrogens (tertiary/aromatic N) is 1. The molecule has 0 aliphatic rings. The van der Waals surface area contributed by atoms with E-state index in [4.69, 9.17) is 11.6 Å². The van der Waals surface area contributed by atoms with Crippen LogP contribution in [0.2, 0.25) is 5.02 Å². The van der Waals surface area contributed by atoms with Crippen molar-refractivity contribution in [2.45, 2.75) is 11.8 Å². The monoisotopic (exact) mass is 368 g/mol. The molecule has 8 heteroatoms. The molecule has 24 heavy (non-hydrogen) atoms. The number of hydrogen-bond acceptors (Lipinski definition) is 3. The number of benzene rings is 2. The Labute approximate surface area is 144 Å². The Morgan fingerprint density at radius 1 is 1.17 bits per heavy atom. The van der Waals surface area contributed by atoms with Gasteiger partial charge < -0.3 is 0 Å². The van der Waals surface area contributed by atoms with Crippen molar-refractivity contribution in [2.75, 3.05) is 6.26 Å². The van der Waals surface area contributed by atoms with Crippen LogP contribution in [0.1, 0.15) is 15.9 Å². The molecule has 3 amide bonds. The fraction of sp³-hybridized carbons (Fsp3) is 0.125. The van der Waals surface area contributed by atoms with Gasteiger partial charge in [0.2, 0.25) is 0 Å². The molecule has 2 rings (SSSR count). The number of carbonyl (C=O) groups is 2. The maximum Gasteiger partial charge on any atom is 0.356 e. The summed E-state index contributed by atoms with van der Waals surface area (Å²) in [5.74, 6) is -1.92. The van der Waals surface area contributed by atoms with Gasteiger partial charge in [0, 0.05) is 11.2 Å². The first-order chi connectivity index (χ1) is 11.2. The van der Waals surface area contributed by atoms with Gasteiger partial charge in [-0.3, -0.25) is 10.1 Å². The summed E-state index contributed by atoms with van der Waals surface area (Å²) in [6.45, 7) is 1.86. The van der Waals surface area contributed by atoms with E-state index in [1.165, 1.54) is 18.4 Å². The number of imide groups is 1. The molecule has 0 saturated carbocycles. The maximum atomic E-state index is 13.6. The van der Waals surface area contributed by atoms with Gasteiger partial charge in [-0.1, -0.05) is 35.4 Å². The zero-order chi connectivity index (χ0) is 17.9. The van der Waals surface area contributed by atoms with Gasteiger partial charge in [-0.25, -0.2) is 13.4 Å². The van der Waals surface area contributed by atoms with Crippen molar-refractivity contribution in [3.63, 3.8) is 0 Å². The minimum Gasteiger partial charge on any atom is -0.271 e. The second-order valence-corrected chi connectivity index (χ2v) is 7.73. The maximum absolute atomic E-state index is 13.6. The Kier molecular flexibility index (Phi) is 5.36. The molecule has 0 saturated heterocycles. The molecule has 1 N–H and O–H groups in total. The van der Waals surface area contributed by atoms with Gasteiger partial charge in [0.1, 0.15) is 5.82 Å². The van der Waals surface area contributed by atoms with Crippen molar-refractivity contribution in [2.24, 2.45) is 4.36 Å². The number of urea groups is 1. The number of aryl methyl sites for hydroxylation is 1. The predicted molar refractivity (Wildman–Crippen MR) is 90.2 cm³/mol. The van der Waals surface area contributed by atoms with Crippen LogP contribution in [-0.4, -0.2) is 22.4 Å². The second-order valence-electron chi connectivity index (χ2n) is 5.06. The zero-order valence-electron chi connectivity index (χ0n) is 12.9. The van der Waals surface area contributed by atoms with Gasteiger partial charge >= 0.3 is 6.03 Å². The van der Waals surface area contributed by atoms with E-state index in [1.54, 1.807) is 24.3 Å². The van der Waals surface area contributed by atoms with Crippen LogP contribution in [-0.2, 0) is 9.73 Å².